The maximum Gasteiger partial charge on any atom is 0.257 e. The number of benzene rings is 1. The zero-order chi connectivity index (χ0) is 15.7. The van der Waals surface area contributed by atoms with Gasteiger partial charge in [-0.05, 0) is 50.3 Å². The molecule has 1 amide bonds. The number of methoxy groups -OCH3 is 1. The molecular formula is C15H22N2O3S. The Labute approximate surface area is 131 Å². The number of amides is 1. The smallest absolute Gasteiger partial charge is 0.257 e. The van der Waals surface area contributed by atoms with E-state index in [0.717, 1.165) is 13.1 Å². The van der Waals surface area contributed by atoms with E-state index in [1.807, 2.05) is 18.7 Å². The number of nitrogens with one attached hydrogen (secondary N) is 1. The summed E-state index contributed by atoms with van der Waals surface area (Å²) in [5.41, 5.74) is 0.545. The molecule has 0 aliphatic rings. The van der Waals surface area contributed by atoms with Crippen molar-refractivity contribution in [3.8, 4) is 5.75 Å². The van der Waals surface area contributed by atoms with Crippen LogP contribution in [0.3, 0.4) is 0 Å². The lowest BCUT2D eigenvalue weighted by Crippen LogP contribution is -2.42. The van der Waals surface area contributed by atoms with Gasteiger partial charge in [0.1, 0.15) is 12.4 Å². The predicted octanol–water partition coefficient (Wildman–Crippen LogP) is 2.07. The van der Waals surface area contributed by atoms with Gasteiger partial charge < -0.3 is 14.4 Å². The van der Waals surface area contributed by atoms with E-state index in [4.69, 9.17) is 21.7 Å². The molecule has 1 rings (SSSR count). The highest BCUT2D eigenvalue weighted by Crippen LogP contribution is 2.12. The Morgan fingerprint density at radius 2 is 1.81 bits per heavy atom. The van der Waals surface area contributed by atoms with Crippen molar-refractivity contribution in [1.29, 1.82) is 0 Å². The van der Waals surface area contributed by atoms with E-state index < -0.39 is 0 Å². The molecule has 0 bridgehead atoms. The Bertz CT molecular complexity index is 458. The van der Waals surface area contributed by atoms with E-state index in [0.29, 0.717) is 29.6 Å². The molecular weight excluding hydrogens is 288 g/mol. The molecule has 0 saturated heterocycles. The number of hydrogen-bond acceptors (Lipinski definition) is 4. The Morgan fingerprint density at radius 3 is 2.33 bits per heavy atom. The SMILES string of the molecule is CCN(CC)C(=S)NC(=O)c1ccc(OCCOC)cc1. The van der Waals surface area contributed by atoms with Crippen LogP contribution < -0.4 is 10.1 Å². The quantitative estimate of drug-likeness (QED) is 0.617. The van der Waals surface area contributed by atoms with Gasteiger partial charge in [-0.25, -0.2) is 0 Å². The molecule has 6 heteroatoms. The fourth-order valence-electron chi connectivity index (χ4n) is 1.70. The number of thiocarbonyl (C=S) groups is 1. The zero-order valence-electron chi connectivity index (χ0n) is 12.7. The first-order valence-electron chi connectivity index (χ1n) is 6.94. The van der Waals surface area contributed by atoms with Crippen LogP contribution in [0.25, 0.3) is 0 Å². The molecule has 0 aromatic heterocycles. The predicted molar refractivity (Wildman–Crippen MR) is 86.8 cm³/mol. The first-order valence-corrected chi connectivity index (χ1v) is 7.35. The summed E-state index contributed by atoms with van der Waals surface area (Å²) in [6.45, 7) is 6.53. The highest BCUT2D eigenvalue weighted by Gasteiger charge is 2.11. The van der Waals surface area contributed by atoms with Gasteiger partial charge in [-0.1, -0.05) is 0 Å². The number of nitrogens with zero attached hydrogens (tertiary/aromatic N) is 1. The average molecular weight is 310 g/mol. The second kappa shape index (κ2) is 9.31. The van der Waals surface area contributed by atoms with Gasteiger partial charge in [-0.15, -0.1) is 0 Å². The van der Waals surface area contributed by atoms with Crippen LogP contribution in [0, 0.1) is 0 Å². The summed E-state index contributed by atoms with van der Waals surface area (Å²) in [6, 6.07) is 6.93. The van der Waals surface area contributed by atoms with Crippen molar-refractivity contribution in [3.05, 3.63) is 29.8 Å². The van der Waals surface area contributed by atoms with E-state index in [1.54, 1.807) is 31.4 Å². The molecule has 0 aliphatic heterocycles. The van der Waals surface area contributed by atoms with Crippen molar-refractivity contribution in [2.24, 2.45) is 0 Å². The summed E-state index contributed by atoms with van der Waals surface area (Å²) in [6.07, 6.45) is 0. The lowest BCUT2D eigenvalue weighted by atomic mass is 10.2. The maximum atomic E-state index is 12.1. The van der Waals surface area contributed by atoms with Crippen molar-refractivity contribution >= 4 is 23.2 Å². The molecule has 116 valence electrons. The van der Waals surface area contributed by atoms with Crippen LogP contribution in [0.2, 0.25) is 0 Å². The molecule has 1 N–H and O–H groups in total. The highest BCUT2D eigenvalue weighted by molar-refractivity contribution is 7.80. The minimum Gasteiger partial charge on any atom is -0.491 e. The van der Waals surface area contributed by atoms with Crippen LogP contribution in [-0.4, -0.2) is 49.3 Å². The third kappa shape index (κ3) is 5.69. The van der Waals surface area contributed by atoms with Gasteiger partial charge in [0.05, 0.1) is 6.61 Å². The lowest BCUT2D eigenvalue weighted by Gasteiger charge is -2.21. The van der Waals surface area contributed by atoms with Crippen LogP contribution in [0.1, 0.15) is 24.2 Å². The molecule has 0 unspecified atom stereocenters. The van der Waals surface area contributed by atoms with E-state index in [1.165, 1.54) is 0 Å². The minimum absolute atomic E-state index is 0.213. The first-order chi connectivity index (χ1) is 10.1. The molecule has 1 aromatic carbocycles. The summed E-state index contributed by atoms with van der Waals surface area (Å²) in [5.74, 6) is 0.491. The number of carbonyl (C=O) groups excluding carboxylic acids is 1. The second-order valence-electron chi connectivity index (χ2n) is 4.30. The summed E-state index contributed by atoms with van der Waals surface area (Å²) < 4.78 is 10.3. The standard InChI is InChI=1S/C15H22N2O3S/c1-4-17(5-2)15(21)16-14(18)12-6-8-13(9-7-12)20-11-10-19-3/h6-9H,4-5,10-11H2,1-3H3,(H,16,18,21). The number of carbonyl (C=O) groups is 1. The molecule has 21 heavy (non-hydrogen) atoms. The normalized spacial score (nSPS) is 10.0. The molecule has 0 fully saturated rings. The molecule has 0 spiro atoms. The van der Waals surface area contributed by atoms with Gasteiger partial charge in [0.25, 0.3) is 5.91 Å². The molecule has 0 saturated carbocycles. The van der Waals surface area contributed by atoms with Crippen LogP contribution in [0.5, 0.6) is 5.75 Å². The second-order valence-corrected chi connectivity index (χ2v) is 4.68. The number of hydrogen-bond donors (Lipinski definition) is 1. The Balaban J connectivity index is 2.56. The topological polar surface area (TPSA) is 50.8 Å². The van der Waals surface area contributed by atoms with Crippen LogP contribution in [-0.2, 0) is 4.74 Å². The highest BCUT2D eigenvalue weighted by atomic mass is 32.1. The third-order valence-electron chi connectivity index (χ3n) is 2.94. The van der Waals surface area contributed by atoms with Crippen molar-refractivity contribution in [2.75, 3.05) is 33.4 Å². The summed E-state index contributed by atoms with van der Waals surface area (Å²) in [4.78, 5) is 14.0. The molecule has 1 aromatic rings. The maximum absolute atomic E-state index is 12.1. The summed E-state index contributed by atoms with van der Waals surface area (Å²) >= 11 is 5.20. The minimum atomic E-state index is -0.213. The van der Waals surface area contributed by atoms with E-state index in [2.05, 4.69) is 5.32 Å². The fraction of sp³-hybridized carbons (Fsp3) is 0.467. The van der Waals surface area contributed by atoms with Gasteiger partial charge in [0.15, 0.2) is 5.11 Å². The molecule has 0 atom stereocenters. The van der Waals surface area contributed by atoms with Crippen LogP contribution >= 0.6 is 12.2 Å². The van der Waals surface area contributed by atoms with Crippen molar-refractivity contribution < 1.29 is 14.3 Å². The first kappa shape index (κ1) is 17.4. The number of ether oxygens (including phenoxy) is 2. The van der Waals surface area contributed by atoms with Crippen molar-refractivity contribution in [1.82, 2.24) is 10.2 Å². The summed E-state index contributed by atoms with van der Waals surface area (Å²) in [7, 11) is 1.62. The van der Waals surface area contributed by atoms with Gasteiger partial charge >= 0.3 is 0 Å². The van der Waals surface area contributed by atoms with Crippen molar-refractivity contribution in [3.63, 3.8) is 0 Å². The Hall–Kier alpha value is -1.66. The van der Waals surface area contributed by atoms with Gasteiger partial charge in [0.2, 0.25) is 0 Å². The van der Waals surface area contributed by atoms with Crippen LogP contribution in [0.4, 0.5) is 0 Å². The molecule has 0 aliphatic carbocycles. The molecule has 0 radical (unpaired) electrons. The van der Waals surface area contributed by atoms with E-state index >= 15 is 0 Å². The fourth-order valence-corrected chi connectivity index (χ4v) is 2.06. The molecule has 0 heterocycles. The Morgan fingerprint density at radius 1 is 1.19 bits per heavy atom. The van der Waals surface area contributed by atoms with E-state index in [-0.39, 0.29) is 5.91 Å². The van der Waals surface area contributed by atoms with Crippen molar-refractivity contribution in [2.45, 2.75) is 13.8 Å². The lowest BCUT2D eigenvalue weighted by molar-refractivity contribution is 0.0973. The third-order valence-corrected chi connectivity index (χ3v) is 3.30. The monoisotopic (exact) mass is 310 g/mol. The number of rotatable bonds is 7. The zero-order valence-corrected chi connectivity index (χ0v) is 13.5. The Kier molecular flexibility index (Phi) is 7.71. The van der Waals surface area contributed by atoms with Gasteiger partial charge in [-0.2, -0.15) is 0 Å². The largest absolute Gasteiger partial charge is 0.491 e. The molecule has 5 nitrogen and oxygen atoms in total. The van der Waals surface area contributed by atoms with Gasteiger partial charge in [0, 0.05) is 25.8 Å². The van der Waals surface area contributed by atoms with Gasteiger partial charge in [-0.3, -0.25) is 10.1 Å². The van der Waals surface area contributed by atoms with E-state index in [9.17, 15) is 4.79 Å². The van der Waals surface area contributed by atoms with Crippen LogP contribution in [0.15, 0.2) is 24.3 Å². The average Bonchev–Trinajstić information content (AvgIpc) is 2.49. The summed E-state index contributed by atoms with van der Waals surface area (Å²) in [5, 5.41) is 3.18.